The number of rotatable bonds is 3. The number of aliphatic imine (C=N–C) groups is 1. The number of nitrogens with zero attached hydrogens (tertiary/aromatic N) is 2. The molecule has 3 rings (SSSR count). The van der Waals surface area contributed by atoms with Gasteiger partial charge in [0.05, 0.1) is 6.04 Å². The van der Waals surface area contributed by atoms with Crippen LogP contribution >= 0.6 is 11.8 Å². The Kier molecular flexibility index (Phi) is 4.73. The van der Waals surface area contributed by atoms with Crippen LogP contribution in [0.4, 0.5) is 0 Å². The summed E-state index contributed by atoms with van der Waals surface area (Å²) < 4.78 is 0. The molecular formula is C17H15N3O2S. The van der Waals surface area contributed by atoms with Gasteiger partial charge in [-0.2, -0.15) is 0 Å². The average Bonchev–Trinajstić information content (AvgIpc) is 3.04. The molecule has 1 aliphatic rings. The minimum Gasteiger partial charge on any atom is -0.508 e. The molecule has 0 fully saturated rings. The normalized spacial score (nSPS) is 17.2. The second kappa shape index (κ2) is 7.11. The van der Waals surface area contributed by atoms with Gasteiger partial charge in [0.25, 0.3) is 0 Å². The minimum atomic E-state index is -0.226. The van der Waals surface area contributed by atoms with Gasteiger partial charge in [-0.25, -0.2) is 0 Å². The highest BCUT2D eigenvalue weighted by Gasteiger charge is 2.20. The molecule has 1 aromatic heterocycles. The average molecular weight is 325 g/mol. The van der Waals surface area contributed by atoms with E-state index < -0.39 is 0 Å². The molecule has 1 unspecified atom stereocenters. The number of thioether (sulfide) groups is 1. The Labute approximate surface area is 138 Å². The highest BCUT2D eigenvalue weighted by molar-refractivity contribution is 8.14. The summed E-state index contributed by atoms with van der Waals surface area (Å²) in [5.41, 5.74) is 1.89. The fraction of sp³-hybridized carbons (Fsp3) is 0.118. The van der Waals surface area contributed by atoms with Crippen LogP contribution in [0.15, 0.2) is 59.9 Å². The van der Waals surface area contributed by atoms with Gasteiger partial charge < -0.3 is 10.4 Å². The maximum absolute atomic E-state index is 11.9. The number of pyridine rings is 1. The van der Waals surface area contributed by atoms with E-state index in [2.05, 4.69) is 15.3 Å². The summed E-state index contributed by atoms with van der Waals surface area (Å²) in [7, 11) is 0. The fourth-order valence-corrected chi connectivity index (χ4v) is 3.05. The Bertz CT molecular complexity index is 742. The SMILES string of the molecule is O=C(/C=C/c1ccc(O)cc1)NC1=NC(c2cccnc2)CS1. The van der Waals surface area contributed by atoms with Crippen LogP contribution in [-0.4, -0.2) is 26.9 Å². The van der Waals surface area contributed by atoms with Crippen LogP contribution in [-0.2, 0) is 4.79 Å². The standard InChI is InChI=1S/C17H15N3O2S/c21-14-6-3-12(4-7-14)5-8-16(22)20-17-19-15(11-23-17)13-2-1-9-18-10-13/h1-10,15,21H,11H2,(H,19,20,22)/b8-5+. The molecule has 116 valence electrons. The highest BCUT2D eigenvalue weighted by Crippen LogP contribution is 2.28. The Morgan fingerprint density at radius 3 is 2.87 bits per heavy atom. The third-order valence-electron chi connectivity index (χ3n) is 3.27. The van der Waals surface area contributed by atoms with Crippen molar-refractivity contribution < 1.29 is 9.90 Å². The summed E-state index contributed by atoms with van der Waals surface area (Å²) in [5.74, 6) is 0.768. The van der Waals surface area contributed by atoms with Crippen LogP contribution in [0.2, 0.25) is 0 Å². The van der Waals surface area contributed by atoms with E-state index in [0.29, 0.717) is 5.17 Å². The molecular weight excluding hydrogens is 310 g/mol. The Morgan fingerprint density at radius 1 is 1.30 bits per heavy atom. The summed E-state index contributed by atoms with van der Waals surface area (Å²) in [6.07, 6.45) is 6.66. The van der Waals surface area contributed by atoms with E-state index in [-0.39, 0.29) is 17.7 Å². The molecule has 6 heteroatoms. The van der Waals surface area contributed by atoms with Crippen molar-refractivity contribution in [1.29, 1.82) is 0 Å². The van der Waals surface area contributed by atoms with Crippen molar-refractivity contribution in [2.75, 3.05) is 5.75 Å². The van der Waals surface area contributed by atoms with Crippen molar-refractivity contribution in [3.63, 3.8) is 0 Å². The monoisotopic (exact) mass is 325 g/mol. The van der Waals surface area contributed by atoms with Gasteiger partial charge in [-0.15, -0.1) is 0 Å². The van der Waals surface area contributed by atoms with Crippen LogP contribution < -0.4 is 5.32 Å². The van der Waals surface area contributed by atoms with Gasteiger partial charge in [0, 0.05) is 24.2 Å². The number of phenols is 1. The molecule has 0 aliphatic carbocycles. The van der Waals surface area contributed by atoms with Gasteiger partial charge in [0.1, 0.15) is 5.75 Å². The van der Waals surface area contributed by atoms with Crippen molar-refractivity contribution in [2.45, 2.75) is 6.04 Å². The second-order valence-electron chi connectivity index (χ2n) is 4.96. The Balaban J connectivity index is 1.59. The van der Waals surface area contributed by atoms with Crippen molar-refractivity contribution in [2.24, 2.45) is 4.99 Å². The number of aromatic nitrogens is 1. The van der Waals surface area contributed by atoms with Crippen molar-refractivity contribution in [1.82, 2.24) is 10.3 Å². The van der Waals surface area contributed by atoms with E-state index in [1.165, 1.54) is 17.8 Å². The molecule has 0 saturated carbocycles. The zero-order chi connectivity index (χ0) is 16.1. The number of nitrogens with one attached hydrogen (secondary N) is 1. The zero-order valence-electron chi connectivity index (χ0n) is 12.2. The maximum atomic E-state index is 11.9. The third-order valence-corrected chi connectivity index (χ3v) is 4.23. The van der Waals surface area contributed by atoms with Gasteiger partial charge in [-0.1, -0.05) is 30.0 Å². The van der Waals surface area contributed by atoms with Gasteiger partial charge in [0.2, 0.25) is 5.91 Å². The van der Waals surface area contributed by atoms with E-state index in [1.54, 1.807) is 42.7 Å². The van der Waals surface area contributed by atoms with Gasteiger partial charge in [0.15, 0.2) is 5.17 Å². The number of aromatic hydroxyl groups is 1. The third kappa shape index (κ3) is 4.20. The number of benzene rings is 1. The van der Waals surface area contributed by atoms with Gasteiger partial charge in [-0.3, -0.25) is 14.8 Å². The summed E-state index contributed by atoms with van der Waals surface area (Å²) in [4.78, 5) is 20.5. The molecule has 5 nitrogen and oxygen atoms in total. The van der Waals surface area contributed by atoms with E-state index in [9.17, 15) is 9.90 Å². The summed E-state index contributed by atoms with van der Waals surface area (Å²) >= 11 is 1.52. The lowest BCUT2D eigenvalue weighted by atomic mass is 10.1. The number of phenolic OH excluding ortho intramolecular Hbond substituents is 1. The van der Waals surface area contributed by atoms with E-state index in [4.69, 9.17) is 0 Å². The largest absolute Gasteiger partial charge is 0.508 e. The zero-order valence-corrected chi connectivity index (χ0v) is 13.0. The number of carbonyl (C=O) groups excluding carboxylic acids is 1. The predicted molar refractivity (Wildman–Crippen MR) is 92.2 cm³/mol. The molecule has 0 bridgehead atoms. The molecule has 2 heterocycles. The summed E-state index contributed by atoms with van der Waals surface area (Å²) in [6.45, 7) is 0. The Hall–Kier alpha value is -2.60. The van der Waals surface area contributed by atoms with Crippen LogP contribution in [0, 0.1) is 0 Å². The number of amides is 1. The predicted octanol–water partition coefficient (Wildman–Crippen LogP) is 2.76. The van der Waals surface area contributed by atoms with Crippen molar-refractivity contribution >= 4 is 28.9 Å². The minimum absolute atomic E-state index is 0.0325. The number of hydrogen-bond donors (Lipinski definition) is 2. The van der Waals surface area contributed by atoms with Crippen molar-refractivity contribution in [3.05, 3.63) is 66.0 Å². The molecule has 0 spiro atoms. The number of hydrogen-bond acceptors (Lipinski definition) is 5. The first-order valence-electron chi connectivity index (χ1n) is 7.09. The smallest absolute Gasteiger partial charge is 0.249 e. The Morgan fingerprint density at radius 2 is 2.13 bits per heavy atom. The first-order valence-corrected chi connectivity index (χ1v) is 8.08. The number of carbonyl (C=O) groups is 1. The maximum Gasteiger partial charge on any atom is 0.249 e. The molecule has 1 aromatic carbocycles. The van der Waals surface area contributed by atoms with E-state index in [1.807, 2.05) is 12.1 Å². The first-order chi connectivity index (χ1) is 11.2. The second-order valence-corrected chi connectivity index (χ2v) is 5.97. The lowest BCUT2D eigenvalue weighted by molar-refractivity contribution is -0.115. The topological polar surface area (TPSA) is 74.6 Å². The van der Waals surface area contributed by atoms with Crippen LogP contribution in [0.25, 0.3) is 6.08 Å². The fourth-order valence-electron chi connectivity index (χ4n) is 2.09. The molecule has 0 radical (unpaired) electrons. The molecule has 2 aromatic rings. The molecule has 1 atom stereocenters. The molecule has 0 saturated heterocycles. The lowest BCUT2D eigenvalue weighted by Crippen LogP contribution is -2.25. The van der Waals surface area contributed by atoms with Gasteiger partial charge in [-0.05, 0) is 35.4 Å². The molecule has 1 aliphatic heterocycles. The van der Waals surface area contributed by atoms with Crippen LogP contribution in [0.3, 0.4) is 0 Å². The van der Waals surface area contributed by atoms with Crippen molar-refractivity contribution in [3.8, 4) is 5.75 Å². The summed E-state index contributed by atoms with van der Waals surface area (Å²) in [6, 6.07) is 10.5. The van der Waals surface area contributed by atoms with Crippen LogP contribution in [0.5, 0.6) is 5.75 Å². The highest BCUT2D eigenvalue weighted by atomic mass is 32.2. The van der Waals surface area contributed by atoms with Crippen LogP contribution in [0.1, 0.15) is 17.2 Å². The summed E-state index contributed by atoms with van der Waals surface area (Å²) in [5, 5.41) is 12.6. The quantitative estimate of drug-likeness (QED) is 0.851. The first kappa shape index (κ1) is 15.3. The molecule has 23 heavy (non-hydrogen) atoms. The number of amidine groups is 1. The molecule has 2 N–H and O–H groups in total. The van der Waals surface area contributed by atoms with E-state index in [0.717, 1.165) is 16.9 Å². The molecule has 1 amide bonds. The lowest BCUT2D eigenvalue weighted by Gasteiger charge is -2.03. The van der Waals surface area contributed by atoms with Gasteiger partial charge >= 0.3 is 0 Å². The van der Waals surface area contributed by atoms with E-state index >= 15 is 0 Å².